The van der Waals surface area contributed by atoms with Crippen molar-refractivity contribution < 1.29 is 23.8 Å². The highest BCUT2D eigenvalue weighted by atomic mass is 35.5. The maximum Gasteiger partial charge on any atom is 0.344 e. The average Bonchev–Trinajstić information content (AvgIpc) is 2.92. The number of benzene rings is 2. The third-order valence-corrected chi connectivity index (χ3v) is 4.65. The number of ketones is 1. The molecule has 0 spiro atoms. The van der Waals surface area contributed by atoms with Crippen LogP contribution in [0.15, 0.2) is 36.1 Å². The first-order chi connectivity index (χ1) is 13.2. The maximum absolute atomic E-state index is 12.7. The number of aryl methyl sites for hydroxylation is 1. The Morgan fingerprint density at radius 3 is 2.61 bits per heavy atom. The lowest BCUT2D eigenvalue weighted by Gasteiger charge is -2.10. The lowest BCUT2D eigenvalue weighted by molar-refractivity contribution is -0.149. The van der Waals surface area contributed by atoms with Crippen LogP contribution in [0.25, 0.3) is 6.08 Å². The highest BCUT2D eigenvalue weighted by molar-refractivity contribution is 6.42. The molecule has 0 saturated heterocycles. The molecule has 7 heteroatoms. The van der Waals surface area contributed by atoms with Gasteiger partial charge in [-0.25, -0.2) is 4.79 Å². The first-order valence-corrected chi connectivity index (χ1v) is 9.36. The zero-order valence-corrected chi connectivity index (χ0v) is 17.1. The molecule has 2 aromatic rings. The van der Waals surface area contributed by atoms with E-state index in [1.165, 1.54) is 0 Å². The van der Waals surface area contributed by atoms with E-state index < -0.39 is 5.97 Å². The molecule has 0 aromatic heterocycles. The smallest absolute Gasteiger partial charge is 0.344 e. The topological polar surface area (TPSA) is 61.8 Å². The quantitative estimate of drug-likeness (QED) is 0.488. The number of carbonyl (C=O) groups excluding carboxylic acids is 2. The molecule has 2 aromatic carbocycles. The number of Topliss-reactive ketones (excluding diaryl/α,β-unsaturated/α-hetero) is 1. The summed E-state index contributed by atoms with van der Waals surface area (Å²) in [6, 6.07) is 8.31. The van der Waals surface area contributed by atoms with Gasteiger partial charge in [0.25, 0.3) is 0 Å². The van der Waals surface area contributed by atoms with Gasteiger partial charge in [-0.1, -0.05) is 29.3 Å². The van der Waals surface area contributed by atoms with Crippen LogP contribution in [0.1, 0.15) is 35.3 Å². The second-order valence-corrected chi connectivity index (χ2v) is 7.37. The third-order valence-electron chi connectivity index (χ3n) is 3.91. The van der Waals surface area contributed by atoms with Gasteiger partial charge in [0.05, 0.1) is 21.7 Å². The summed E-state index contributed by atoms with van der Waals surface area (Å²) in [6.07, 6.45) is 1.39. The summed E-state index contributed by atoms with van der Waals surface area (Å²) < 4.78 is 16.2. The van der Waals surface area contributed by atoms with Gasteiger partial charge in [-0.05, 0) is 56.2 Å². The van der Waals surface area contributed by atoms with Crippen LogP contribution in [0.3, 0.4) is 0 Å². The summed E-state index contributed by atoms with van der Waals surface area (Å²) in [5.74, 6) is 0.270. The van der Waals surface area contributed by atoms with Gasteiger partial charge in [0.1, 0.15) is 11.5 Å². The molecule has 1 aliphatic rings. The highest BCUT2D eigenvalue weighted by Gasteiger charge is 2.30. The normalized spacial score (nSPS) is 14.2. The van der Waals surface area contributed by atoms with Crippen molar-refractivity contribution in [3.63, 3.8) is 0 Å². The van der Waals surface area contributed by atoms with Crippen LogP contribution < -0.4 is 9.47 Å². The molecule has 0 bridgehead atoms. The monoisotopic (exact) mass is 420 g/mol. The Kier molecular flexibility index (Phi) is 5.96. The second kappa shape index (κ2) is 8.25. The summed E-state index contributed by atoms with van der Waals surface area (Å²) in [6.45, 7) is 5.08. The van der Waals surface area contributed by atoms with Gasteiger partial charge >= 0.3 is 5.97 Å². The van der Waals surface area contributed by atoms with E-state index in [2.05, 4.69) is 0 Å². The minimum absolute atomic E-state index is 0.174. The van der Waals surface area contributed by atoms with Gasteiger partial charge < -0.3 is 14.2 Å². The SMILES string of the molecule is Cc1cc(OCC(=O)OC(C)C)cc2c1C(=O)/C(=C/c1ccc(Cl)c(Cl)c1)O2. The van der Waals surface area contributed by atoms with E-state index in [4.69, 9.17) is 37.4 Å². The van der Waals surface area contributed by atoms with Crippen molar-refractivity contribution in [2.45, 2.75) is 26.9 Å². The number of hydrogen-bond donors (Lipinski definition) is 0. The minimum Gasteiger partial charge on any atom is -0.482 e. The summed E-state index contributed by atoms with van der Waals surface area (Å²) in [5.41, 5.74) is 1.84. The van der Waals surface area contributed by atoms with Crippen LogP contribution in [-0.4, -0.2) is 24.5 Å². The molecular formula is C21H18Cl2O5. The molecule has 1 heterocycles. The molecule has 0 radical (unpaired) electrons. The molecule has 0 atom stereocenters. The van der Waals surface area contributed by atoms with Crippen LogP contribution in [0.4, 0.5) is 0 Å². The minimum atomic E-state index is -0.467. The Balaban J connectivity index is 1.80. The Labute approximate surface area is 172 Å². The van der Waals surface area contributed by atoms with Crippen LogP contribution in [-0.2, 0) is 9.53 Å². The van der Waals surface area contributed by atoms with Crippen LogP contribution in [0.2, 0.25) is 10.0 Å². The number of carbonyl (C=O) groups is 2. The molecule has 3 rings (SSSR count). The number of hydrogen-bond acceptors (Lipinski definition) is 5. The zero-order valence-electron chi connectivity index (χ0n) is 15.5. The van der Waals surface area contributed by atoms with Crippen molar-refractivity contribution in [1.29, 1.82) is 0 Å². The number of allylic oxidation sites excluding steroid dienone is 1. The molecule has 146 valence electrons. The number of esters is 1. The predicted molar refractivity (Wildman–Crippen MR) is 107 cm³/mol. The third kappa shape index (κ3) is 4.49. The number of ether oxygens (including phenoxy) is 3. The molecule has 0 amide bonds. The van der Waals surface area contributed by atoms with Crippen LogP contribution in [0, 0.1) is 6.92 Å². The van der Waals surface area contributed by atoms with E-state index in [1.54, 1.807) is 57.2 Å². The van der Waals surface area contributed by atoms with Crippen molar-refractivity contribution in [2.75, 3.05) is 6.61 Å². The maximum atomic E-state index is 12.7. The Bertz CT molecular complexity index is 979. The van der Waals surface area contributed by atoms with Gasteiger partial charge in [-0.15, -0.1) is 0 Å². The van der Waals surface area contributed by atoms with Crippen molar-refractivity contribution in [3.8, 4) is 11.5 Å². The fraction of sp³-hybridized carbons (Fsp3) is 0.238. The van der Waals surface area contributed by atoms with E-state index in [9.17, 15) is 9.59 Å². The molecule has 5 nitrogen and oxygen atoms in total. The molecular weight excluding hydrogens is 403 g/mol. The summed E-state index contributed by atoms with van der Waals surface area (Å²) >= 11 is 11.9. The Morgan fingerprint density at radius 2 is 1.93 bits per heavy atom. The Hall–Kier alpha value is -2.50. The number of halogens is 2. The summed E-state index contributed by atoms with van der Waals surface area (Å²) in [7, 11) is 0. The van der Waals surface area contributed by atoms with Crippen LogP contribution >= 0.6 is 23.2 Å². The van der Waals surface area contributed by atoms with Gasteiger partial charge in [0.2, 0.25) is 5.78 Å². The van der Waals surface area contributed by atoms with Crippen LogP contribution in [0.5, 0.6) is 11.5 Å². The molecule has 0 saturated carbocycles. The molecule has 0 unspecified atom stereocenters. The lowest BCUT2D eigenvalue weighted by atomic mass is 10.0. The first-order valence-electron chi connectivity index (χ1n) is 8.61. The second-order valence-electron chi connectivity index (χ2n) is 6.55. The van der Waals surface area contributed by atoms with E-state index >= 15 is 0 Å². The van der Waals surface area contributed by atoms with Gasteiger partial charge in [0, 0.05) is 6.07 Å². The average molecular weight is 421 g/mol. The Morgan fingerprint density at radius 1 is 1.18 bits per heavy atom. The molecule has 1 aliphatic heterocycles. The number of rotatable bonds is 5. The molecule has 0 aliphatic carbocycles. The molecule has 0 N–H and O–H groups in total. The fourth-order valence-electron chi connectivity index (χ4n) is 2.75. The van der Waals surface area contributed by atoms with E-state index in [1.807, 2.05) is 0 Å². The first kappa shape index (κ1) is 20.2. The fourth-order valence-corrected chi connectivity index (χ4v) is 3.06. The molecule has 0 fully saturated rings. The van der Waals surface area contributed by atoms with Gasteiger partial charge in [0.15, 0.2) is 12.4 Å². The van der Waals surface area contributed by atoms with Crippen molar-refractivity contribution >= 4 is 41.0 Å². The number of fused-ring (bicyclic) bond motifs is 1. The summed E-state index contributed by atoms with van der Waals surface area (Å²) in [5, 5.41) is 0.818. The van der Waals surface area contributed by atoms with E-state index in [0.29, 0.717) is 38.2 Å². The van der Waals surface area contributed by atoms with E-state index in [0.717, 1.165) is 0 Å². The lowest BCUT2D eigenvalue weighted by Crippen LogP contribution is -2.18. The zero-order chi connectivity index (χ0) is 20.4. The van der Waals surface area contributed by atoms with Crippen molar-refractivity contribution in [1.82, 2.24) is 0 Å². The largest absolute Gasteiger partial charge is 0.482 e. The van der Waals surface area contributed by atoms with Crippen molar-refractivity contribution in [2.24, 2.45) is 0 Å². The highest BCUT2D eigenvalue weighted by Crippen LogP contribution is 2.37. The molecule has 28 heavy (non-hydrogen) atoms. The predicted octanol–water partition coefficient (Wildman–Crippen LogP) is 5.25. The van der Waals surface area contributed by atoms with Crippen molar-refractivity contribution in [3.05, 3.63) is 62.8 Å². The van der Waals surface area contributed by atoms with Gasteiger partial charge in [-0.2, -0.15) is 0 Å². The summed E-state index contributed by atoms with van der Waals surface area (Å²) in [4.78, 5) is 24.3. The standard InChI is InChI=1S/C21H18Cl2O5/c1-11(2)27-19(24)10-26-14-6-12(3)20-17(9-14)28-18(21(20)25)8-13-4-5-15(22)16(23)7-13/h4-9,11H,10H2,1-3H3/b18-8-. The van der Waals surface area contributed by atoms with Gasteiger partial charge in [-0.3, -0.25) is 4.79 Å². The van der Waals surface area contributed by atoms with E-state index in [-0.39, 0.29) is 24.3 Å².